The maximum absolute atomic E-state index is 15.8. The van der Waals surface area contributed by atoms with Gasteiger partial charge in [0.05, 0.1) is 17.1 Å². The molecular weight excluding hydrogens is 369 g/mol. The Labute approximate surface area is 169 Å². The molecule has 3 heterocycles. The lowest BCUT2D eigenvalue weighted by Crippen LogP contribution is -2.50. The normalized spacial score (nSPS) is 25.5. The van der Waals surface area contributed by atoms with E-state index in [2.05, 4.69) is 49.4 Å². The first kappa shape index (κ1) is 18.0. The second kappa shape index (κ2) is 6.23. The zero-order valence-corrected chi connectivity index (χ0v) is 17.0. The molecule has 0 saturated heterocycles. The SMILES string of the molecule is Cc1nc(-n2nc(C)nc2C)cc(C2(F)CC(C3Nc4ccccc4N3C)C2)n1. The van der Waals surface area contributed by atoms with Crippen molar-refractivity contribution in [2.45, 2.75) is 45.4 Å². The molecule has 1 aliphatic carbocycles. The van der Waals surface area contributed by atoms with Crippen LogP contribution < -0.4 is 10.2 Å². The maximum atomic E-state index is 15.8. The van der Waals surface area contributed by atoms with E-state index in [-0.39, 0.29) is 12.1 Å². The second-order valence-corrected chi connectivity index (χ2v) is 8.13. The molecule has 1 fully saturated rings. The first-order valence-corrected chi connectivity index (χ1v) is 9.88. The van der Waals surface area contributed by atoms with Gasteiger partial charge in [0.1, 0.15) is 23.6 Å². The minimum Gasteiger partial charge on any atom is -0.363 e. The van der Waals surface area contributed by atoms with E-state index in [1.54, 1.807) is 17.7 Å². The molecule has 0 bridgehead atoms. The Morgan fingerprint density at radius 2 is 1.83 bits per heavy atom. The Morgan fingerprint density at radius 3 is 2.52 bits per heavy atom. The van der Waals surface area contributed by atoms with Crippen molar-refractivity contribution in [3.05, 3.63) is 53.5 Å². The molecule has 29 heavy (non-hydrogen) atoms. The van der Waals surface area contributed by atoms with Gasteiger partial charge in [-0.15, -0.1) is 5.10 Å². The lowest BCUT2D eigenvalue weighted by molar-refractivity contribution is -0.00898. The van der Waals surface area contributed by atoms with Crippen LogP contribution >= 0.6 is 0 Å². The largest absolute Gasteiger partial charge is 0.363 e. The fraction of sp³-hybridized carbons (Fsp3) is 0.429. The highest BCUT2D eigenvalue weighted by molar-refractivity contribution is 5.75. The summed E-state index contributed by atoms with van der Waals surface area (Å²) in [4.78, 5) is 15.4. The number of para-hydroxylation sites is 2. The molecule has 2 aliphatic rings. The van der Waals surface area contributed by atoms with Gasteiger partial charge in [-0.25, -0.2) is 19.3 Å². The van der Waals surface area contributed by atoms with E-state index in [4.69, 9.17) is 0 Å². The summed E-state index contributed by atoms with van der Waals surface area (Å²) >= 11 is 0. The van der Waals surface area contributed by atoms with Gasteiger partial charge >= 0.3 is 0 Å². The molecule has 5 rings (SSSR count). The van der Waals surface area contributed by atoms with E-state index in [1.807, 2.05) is 26.0 Å². The number of fused-ring (bicyclic) bond motifs is 1. The molecule has 2 aromatic heterocycles. The number of halogens is 1. The lowest BCUT2D eigenvalue weighted by atomic mass is 9.68. The molecule has 1 aromatic carbocycles. The Hall–Kier alpha value is -3.03. The van der Waals surface area contributed by atoms with E-state index in [0.29, 0.717) is 36.0 Å². The molecule has 1 saturated carbocycles. The Morgan fingerprint density at radius 1 is 1.07 bits per heavy atom. The zero-order valence-electron chi connectivity index (χ0n) is 17.0. The number of anilines is 2. The minimum absolute atomic E-state index is 0.0962. The molecule has 3 aromatic rings. The molecule has 1 unspecified atom stereocenters. The fourth-order valence-corrected chi connectivity index (χ4v) is 4.58. The van der Waals surface area contributed by atoms with E-state index in [1.165, 1.54) is 0 Å². The number of aromatic nitrogens is 5. The predicted octanol–water partition coefficient (Wildman–Crippen LogP) is 3.45. The highest BCUT2D eigenvalue weighted by atomic mass is 19.1. The average molecular weight is 393 g/mol. The highest BCUT2D eigenvalue weighted by Gasteiger charge is 2.52. The summed E-state index contributed by atoms with van der Waals surface area (Å²) in [6.07, 6.45) is 0.946. The maximum Gasteiger partial charge on any atom is 0.159 e. The van der Waals surface area contributed by atoms with Crippen molar-refractivity contribution in [2.24, 2.45) is 5.92 Å². The summed E-state index contributed by atoms with van der Waals surface area (Å²) < 4.78 is 17.4. The number of alkyl halides is 1. The Bertz CT molecular complexity index is 1090. The number of nitrogens with one attached hydrogen (secondary N) is 1. The van der Waals surface area contributed by atoms with Gasteiger partial charge in [-0.3, -0.25) is 0 Å². The summed E-state index contributed by atoms with van der Waals surface area (Å²) in [5, 5.41) is 7.91. The van der Waals surface area contributed by atoms with Gasteiger partial charge in [-0.1, -0.05) is 12.1 Å². The molecule has 8 heteroatoms. The number of nitrogens with zero attached hydrogens (tertiary/aromatic N) is 6. The van der Waals surface area contributed by atoms with Gasteiger partial charge < -0.3 is 10.2 Å². The van der Waals surface area contributed by atoms with Gasteiger partial charge in [0.2, 0.25) is 0 Å². The summed E-state index contributed by atoms with van der Waals surface area (Å²) in [5.74, 6) is 2.68. The van der Waals surface area contributed by atoms with Gasteiger partial charge in [0.25, 0.3) is 0 Å². The first-order valence-electron chi connectivity index (χ1n) is 9.88. The van der Waals surface area contributed by atoms with Crippen LogP contribution in [0.15, 0.2) is 30.3 Å². The van der Waals surface area contributed by atoms with Crippen LogP contribution in [0, 0.1) is 26.7 Å². The molecule has 0 amide bonds. The number of rotatable bonds is 3. The smallest absolute Gasteiger partial charge is 0.159 e. The van der Waals surface area contributed by atoms with Crippen LogP contribution in [0.1, 0.15) is 36.0 Å². The standard InChI is InChI=1S/C21H24FN7/c1-12-24-18(9-19(25-12)29-14(3)23-13(2)27-29)21(22)10-15(11-21)20-26-16-7-5-6-8-17(16)28(20)4/h5-9,15,20,26H,10-11H2,1-4H3. The fourth-order valence-electron chi connectivity index (χ4n) is 4.58. The van der Waals surface area contributed by atoms with Crippen molar-refractivity contribution in [2.75, 3.05) is 17.3 Å². The van der Waals surface area contributed by atoms with Crippen LogP contribution in [0.5, 0.6) is 0 Å². The van der Waals surface area contributed by atoms with Crippen LogP contribution in [0.2, 0.25) is 0 Å². The van der Waals surface area contributed by atoms with Crippen molar-refractivity contribution < 1.29 is 4.39 Å². The molecule has 1 atom stereocenters. The molecule has 7 nitrogen and oxygen atoms in total. The van der Waals surface area contributed by atoms with E-state index in [0.717, 1.165) is 17.2 Å². The third kappa shape index (κ3) is 2.85. The number of benzene rings is 1. The van der Waals surface area contributed by atoms with Crippen LogP contribution in [0.4, 0.5) is 15.8 Å². The third-order valence-electron chi connectivity index (χ3n) is 6.00. The Kier molecular flexibility index (Phi) is 3.88. The van der Waals surface area contributed by atoms with Crippen LogP contribution in [0.25, 0.3) is 5.82 Å². The zero-order chi connectivity index (χ0) is 20.3. The first-order chi connectivity index (χ1) is 13.8. The van der Waals surface area contributed by atoms with Crippen molar-refractivity contribution >= 4 is 11.4 Å². The van der Waals surface area contributed by atoms with Crippen LogP contribution in [0.3, 0.4) is 0 Å². The van der Waals surface area contributed by atoms with E-state index in [9.17, 15) is 0 Å². The third-order valence-corrected chi connectivity index (χ3v) is 6.00. The molecule has 0 radical (unpaired) electrons. The van der Waals surface area contributed by atoms with Crippen LogP contribution in [-0.4, -0.2) is 37.9 Å². The highest BCUT2D eigenvalue weighted by Crippen LogP contribution is 2.52. The van der Waals surface area contributed by atoms with E-state index < -0.39 is 5.67 Å². The topological polar surface area (TPSA) is 71.8 Å². The van der Waals surface area contributed by atoms with Gasteiger partial charge in [-0.2, -0.15) is 4.68 Å². The average Bonchev–Trinajstić information content (AvgIpc) is 3.17. The number of aryl methyl sites for hydroxylation is 3. The van der Waals surface area contributed by atoms with Crippen molar-refractivity contribution in [1.82, 2.24) is 24.7 Å². The van der Waals surface area contributed by atoms with E-state index >= 15 is 4.39 Å². The van der Waals surface area contributed by atoms with Crippen molar-refractivity contribution in [3.63, 3.8) is 0 Å². The predicted molar refractivity (Wildman–Crippen MR) is 109 cm³/mol. The summed E-state index contributed by atoms with van der Waals surface area (Å²) in [6.45, 7) is 5.48. The van der Waals surface area contributed by atoms with Crippen molar-refractivity contribution in [3.8, 4) is 5.82 Å². The quantitative estimate of drug-likeness (QED) is 0.735. The monoisotopic (exact) mass is 393 g/mol. The van der Waals surface area contributed by atoms with Gasteiger partial charge in [-0.05, 0) is 45.7 Å². The summed E-state index contributed by atoms with van der Waals surface area (Å²) in [7, 11) is 2.06. The van der Waals surface area contributed by atoms with Gasteiger partial charge in [0, 0.05) is 19.0 Å². The summed E-state index contributed by atoms with van der Waals surface area (Å²) in [5.41, 5.74) is 1.25. The second-order valence-electron chi connectivity index (χ2n) is 8.13. The molecule has 150 valence electrons. The Balaban J connectivity index is 1.39. The van der Waals surface area contributed by atoms with Gasteiger partial charge in [0.15, 0.2) is 11.5 Å². The summed E-state index contributed by atoms with van der Waals surface area (Å²) in [6, 6.07) is 9.91. The number of hydrogen-bond acceptors (Lipinski definition) is 6. The lowest BCUT2D eigenvalue weighted by Gasteiger charge is -2.45. The molecule has 1 N–H and O–H groups in total. The number of hydrogen-bond donors (Lipinski definition) is 1. The molecule has 0 spiro atoms. The molecular formula is C21H24FN7. The van der Waals surface area contributed by atoms with Crippen LogP contribution in [-0.2, 0) is 5.67 Å². The molecule has 1 aliphatic heterocycles. The van der Waals surface area contributed by atoms with Crippen molar-refractivity contribution in [1.29, 1.82) is 0 Å². The minimum atomic E-state index is -1.45.